The van der Waals surface area contributed by atoms with Crippen molar-refractivity contribution in [2.75, 3.05) is 0 Å². The van der Waals surface area contributed by atoms with Gasteiger partial charge in [-0.15, -0.1) is 0 Å². The van der Waals surface area contributed by atoms with Crippen LogP contribution >= 0.6 is 11.6 Å². The van der Waals surface area contributed by atoms with E-state index in [0.29, 0.717) is 5.03 Å². The summed E-state index contributed by atoms with van der Waals surface area (Å²) in [5.74, 6) is 1.01. The summed E-state index contributed by atoms with van der Waals surface area (Å²) < 4.78 is 0. The van der Waals surface area contributed by atoms with Crippen molar-refractivity contribution in [2.45, 2.75) is 0 Å². The van der Waals surface area contributed by atoms with Crippen LogP contribution in [0.2, 0.25) is 0 Å². The number of hydrogen-bond acceptors (Lipinski definition) is 0. The van der Waals surface area contributed by atoms with Crippen molar-refractivity contribution in [1.29, 1.82) is 0 Å². The van der Waals surface area contributed by atoms with Crippen LogP contribution in [0.5, 0.6) is 0 Å². The first-order valence-electron chi connectivity index (χ1n) is 2.37. The van der Waals surface area contributed by atoms with Crippen molar-refractivity contribution in [2.24, 2.45) is 0 Å². The van der Waals surface area contributed by atoms with Crippen molar-refractivity contribution in [1.82, 2.24) is 0 Å². The summed E-state index contributed by atoms with van der Waals surface area (Å²) in [6.45, 7) is 3.56. The Hall–Kier alpha value is 0.0300. The highest BCUT2D eigenvalue weighted by atomic mass is 35.5. The lowest BCUT2D eigenvalue weighted by Crippen LogP contribution is -1.87. The average Bonchev–Trinajstić information content (AvgIpc) is 2.12. The number of hydrogen-bond donors (Lipinski definition) is 0. The molecule has 0 amide bonds. The topological polar surface area (TPSA) is 0 Å². The van der Waals surface area contributed by atoms with Crippen LogP contribution < -0.4 is 0 Å². The van der Waals surface area contributed by atoms with E-state index in [1.807, 2.05) is 25.7 Å². The Bertz CT molecular complexity index is 90.6. The summed E-state index contributed by atoms with van der Waals surface area (Å²) in [7, 11) is 0. The average molecular weight is 126 g/mol. The molecule has 0 unspecified atom stereocenters. The van der Waals surface area contributed by atoms with E-state index in [-0.39, 0.29) is 0 Å². The van der Waals surface area contributed by atoms with Crippen LogP contribution in [0.3, 0.4) is 0 Å². The Morgan fingerprint density at radius 3 is 2.12 bits per heavy atom. The fourth-order valence-electron chi connectivity index (χ4n) is 0.555. The molecule has 0 saturated heterocycles. The summed E-state index contributed by atoms with van der Waals surface area (Å²) >= 11 is 5.55. The van der Waals surface area contributed by atoms with Crippen LogP contribution in [0.25, 0.3) is 0 Å². The maximum absolute atomic E-state index is 5.55. The first-order chi connectivity index (χ1) is 3.80. The monoisotopic (exact) mass is 125 g/mol. The molecular weight excluding hydrogens is 120 g/mol. The van der Waals surface area contributed by atoms with Gasteiger partial charge in [0, 0.05) is 11.0 Å². The molecule has 1 aliphatic rings. The largest absolute Gasteiger partial charge is 0.0891 e. The van der Waals surface area contributed by atoms with Gasteiger partial charge in [-0.3, -0.25) is 0 Å². The first kappa shape index (κ1) is 6.15. The van der Waals surface area contributed by atoms with E-state index in [9.17, 15) is 0 Å². The van der Waals surface area contributed by atoms with Gasteiger partial charge in [0.15, 0.2) is 0 Å². The zero-order chi connectivity index (χ0) is 5.98. The van der Waals surface area contributed by atoms with Crippen LogP contribution in [0.15, 0.2) is 11.6 Å². The molecule has 8 heavy (non-hydrogen) atoms. The Morgan fingerprint density at radius 1 is 1.38 bits per heavy atom. The van der Waals surface area contributed by atoms with Gasteiger partial charge in [-0.05, 0) is 25.7 Å². The van der Waals surface area contributed by atoms with E-state index in [1.165, 1.54) is 0 Å². The minimum atomic E-state index is 0.606. The van der Waals surface area contributed by atoms with Crippen LogP contribution in [0.1, 0.15) is 0 Å². The van der Waals surface area contributed by atoms with Crippen molar-refractivity contribution in [3.63, 3.8) is 0 Å². The molecule has 1 heteroatoms. The molecule has 0 aliphatic heterocycles. The van der Waals surface area contributed by atoms with E-state index in [0.717, 1.165) is 5.92 Å². The van der Waals surface area contributed by atoms with E-state index < -0.39 is 0 Å². The third-order valence-electron chi connectivity index (χ3n) is 0.976. The first-order valence-corrected chi connectivity index (χ1v) is 2.75. The van der Waals surface area contributed by atoms with Gasteiger partial charge in [0.25, 0.3) is 0 Å². The fraction of sp³-hybridized carbons (Fsp3) is 0. The molecule has 0 spiro atoms. The molecule has 0 nitrogen and oxygen atoms in total. The molecule has 41 valence electrons. The molecule has 0 N–H and O–H groups in total. The summed E-state index contributed by atoms with van der Waals surface area (Å²) in [6.07, 6.45) is 7.72. The lowest BCUT2D eigenvalue weighted by molar-refractivity contribution is 1.36. The number of rotatable bonds is 1. The molecule has 0 bridgehead atoms. The molecule has 0 aromatic rings. The second-order valence-corrected chi connectivity index (χ2v) is 2.03. The van der Waals surface area contributed by atoms with Gasteiger partial charge in [0.05, 0.1) is 0 Å². The minimum Gasteiger partial charge on any atom is -0.0891 e. The zero-order valence-electron chi connectivity index (χ0n) is 4.39. The third kappa shape index (κ3) is 1.25. The van der Waals surface area contributed by atoms with Crippen LogP contribution in [-0.2, 0) is 0 Å². The molecule has 1 rings (SSSR count). The lowest BCUT2D eigenvalue weighted by atomic mass is 10.1. The van der Waals surface area contributed by atoms with Crippen molar-refractivity contribution in [3.8, 4) is 0 Å². The highest BCUT2D eigenvalue weighted by molar-refractivity contribution is 6.31. The SMILES string of the molecule is C=C(Cl)[C]1[CH][CH][CH][CH]1. The van der Waals surface area contributed by atoms with Gasteiger partial charge in [-0.1, -0.05) is 18.2 Å². The number of allylic oxidation sites excluding steroid dienone is 1. The van der Waals surface area contributed by atoms with Gasteiger partial charge in [0.2, 0.25) is 0 Å². The molecule has 1 aliphatic carbocycles. The quantitative estimate of drug-likeness (QED) is 0.504. The van der Waals surface area contributed by atoms with Gasteiger partial charge >= 0.3 is 0 Å². The molecule has 1 saturated carbocycles. The molecule has 0 atom stereocenters. The van der Waals surface area contributed by atoms with Crippen molar-refractivity contribution >= 4 is 11.6 Å². The van der Waals surface area contributed by atoms with Gasteiger partial charge in [-0.2, -0.15) is 0 Å². The Morgan fingerprint density at radius 2 is 1.88 bits per heavy atom. The molecule has 0 aromatic carbocycles. The zero-order valence-corrected chi connectivity index (χ0v) is 5.15. The van der Waals surface area contributed by atoms with E-state index >= 15 is 0 Å². The molecule has 1 fully saturated rings. The van der Waals surface area contributed by atoms with E-state index in [4.69, 9.17) is 11.6 Å². The van der Waals surface area contributed by atoms with E-state index in [2.05, 4.69) is 6.58 Å². The third-order valence-corrected chi connectivity index (χ3v) is 1.19. The van der Waals surface area contributed by atoms with Gasteiger partial charge in [0.1, 0.15) is 0 Å². The molecule has 5 radical (unpaired) electrons. The summed E-state index contributed by atoms with van der Waals surface area (Å²) in [5, 5.41) is 0.606. The molecular formula is C7H6Cl. The van der Waals surface area contributed by atoms with Gasteiger partial charge in [-0.25, -0.2) is 0 Å². The Kier molecular flexibility index (Phi) is 1.95. The summed E-state index contributed by atoms with van der Waals surface area (Å²) in [4.78, 5) is 0. The number of halogens is 1. The molecule has 0 aromatic heterocycles. The van der Waals surface area contributed by atoms with Crippen LogP contribution in [0, 0.1) is 31.6 Å². The Labute approximate surface area is 55.5 Å². The normalized spacial score (nSPS) is 21.6. The Balaban J connectivity index is 2.35. The second kappa shape index (κ2) is 2.54. The maximum atomic E-state index is 5.55. The van der Waals surface area contributed by atoms with Crippen molar-refractivity contribution < 1.29 is 0 Å². The standard InChI is InChI=1S/C7H6Cl/c1-6(8)7-4-2-3-5-7/h2-5H,1H2. The predicted octanol–water partition coefficient (Wildman–Crippen LogP) is 2.14. The highest BCUT2D eigenvalue weighted by Crippen LogP contribution is 2.30. The highest BCUT2D eigenvalue weighted by Gasteiger charge is 2.17. The second-order valence-electron chi connectivity index (χ2n) is 1.58. The lowest BCUT2D eigenvalue weighted by Gasteiger charge is -2.00. The van der Waals surface area contributed by atoms with Crippen LogP contribution in [0.4, 0.5) is 0 Å². The van der Waals surface area contributed by atoms with E-state index in [1.54, 1.807) is 0 Å². The predicted molar refractivity (Wildman–Crippen MR) is 35.4 cm³/mol. The maximum Gasteiger partial charge on any atom is 0.0234 e. The fourth-order valence-corrected chi connectivity index (χ4v) is 0.681. The summed E-state index contributed by atoms with van der Waals surface area (Å²) in [5.41, 5.74) is 0. The smallest absolute Gasteiger partial charge is 0.0234 e. The minimum absolute atomic E-state index is 0.606. The van der Waals surface area contributed by atoms with Gasteiger partial charge < -0.3 is 0 Å². The molecule has 0 heterocycles. The van der Waals surface area contributed by atoms with Crippen LogP contribution in [-0.4, -0.2) is 0 Å². The van der Waals surface area contributed by atoms with Crippen molar-refractivity contribution in [3.05, 3.63) is 43.2 Å². The summed E-state index contributed by atoms with van der Waals surface area (Å²) in [6, 6.07) is 0.